The van der Waals surface area contributed by atoms with E-state index in [1.807, 2.05) is 31.0 Å². The molecule has 1 N–H and O–H groups in total. The van der Waals surface area contributed by atoms with Gasteiger partial charge in [0, 0.05) is 24.2 Å². The molecule has 21 heavy (non-hydrogen) atoms. The Morgan fingerprint density at radius 1 is 1.43 bits per heavy atom. The second-order valence-corrected chi connectivity index (χ2v) is 5.99. The van der Waals surface area contributed by atoms with Crippen LogP contribution in [0.2, 0.25) is 5.02 Å². The lowest BCUT2D eigenvalue weighted by atomic mass is 10.0. The first kappa shape index (κ1) is 16.1. The highest BCUT2D eigenvalue weighted by Crippen LogP contribution is 2.23. The number of nitrogens with zero attached hydrogens (tertiary/aromatic N) is 1. The van der Waals surface area contributed by atoms with Crippen molar-refractivity contribution in [2.75, 3.05) is 20.1 Å². The molecule has 1 amide bonds. The molecule has 1 aromatic carbocycles. The van der Waals surface area contributed by atoms with Gasteiger partial charge in [-0.05, 0) is 57.5 Å². The van der Waals surface area contributed by atoms with Gasteiger partial charge >= 0.3 is 0 Å². The largest absolute Gasteiger partial charge is 0.481 e. The standard InChI is InChI=1S/C16H23ClN2O2/c1-11-10-13(17)4-5-15(11)21-12(2)16(20)19-8-6-14(18-3)7-9-19/h4-5,10,12,14,18H,6-9H2,1-3H3/t12-/m0/s1. The highest BCUT2D eigenvalue weighted by atomic mass is 35.5. The fourth-order valence-corrected chi connectivity index (χ4v) is 2.86. The van der Waals surface area contributed by atoms with E-state index in [1.165, 1.54) is 0 Å². The molecular formula is C16H23ClN2O2. The van der Waals surface area contributed by atoms with E-state index in [4.69, 9.17) is 16.3 Å². The van der Waals surface area contributed by atoms with Gasteiger partial charge < -0.3 is 15.0 Å². The number of likely N-dealkylation sites (tertiary alicyclic amines) is 1. The molecule has 1 saturated heterocycles. The zero-order valence-electron chi connectivity index (χ0n) is 12.9. The summed E-state index contributed by atoms with van der Waals surface area (Å²) >= 11 is 5.93. The topological polar surface area (TPSA) is 41.6 Å². The van der Waals surface area contributed by atoms with Crippen molar-refractivity contribution in [1.82, 2.24) is 10.2 Å². The first-order chi connectivity index (χ1) is 10.0. The van der Waals surface area contributed by atoms with Gasteiger partial charge in [0.1, 0.15) is 5.75 Å². The first-order valence-corrected chi connectivity index (χ1v) is 7.78. The van der Waals surface area contributed by atoms with Gasteiger partial charge in [-0.2, -0.15) is 0 Å². The van der Waals surface area contributed by atoms with Crippen LogP contribution in [0.4, 0.5) is 0 Å². The van der Waals surface area contributed by atoms with Crippen LogP contribution in [0.1, 0.15) is 25.3 Å². The van der Waals surface area contributed by atoms with Crippen molar-refractivity contribution in [2.45, 2.75) is 38.8 Å². The Hall–Kier alpha value is -1.26. The number of carbonyl (C=O) groups is 1. The summed E-state index contributed by atoms with van der Waals surface area (Å²) < 4.78 is 5.80. The Morgan fingerprint density at radius 2 is 2.10 bits per heavy atom. The molecule has 1 fully saturated rings. The van der Waals surface area contributed by atoms with Crippen LogP contribution in [-0.4, -0.2) is 43.1 Å². The van der Waals surface area contributed by atoms with Gasteiger partial charge in [0.25, 0.3) is 5.91 Å². The second-order valence-electron chi connectivity index (χ2n) is 5.56. The van der Waals surface area contributed by atoms with Crippen molar-refractivity contribution in [3.63, 3.8) is 0 Å². The Balaban J connectivity index is 1.93. The third-order valence-corrected chi connectivity index (χ3v) is 4.24. The molecule has 0 spiro atoms. The van der Waals surface area contributed by atoms with Gasteiger partial charge in [0.2, 0.25) is 0 Å². The van der Waals surface area contributed by atoms with Gasteiger partial charge in [-0.3, -0.25) is 4.79 Å². The molecule has 2 rings (SSSR count). The maximum atomic E-state index is 12.4. The summed E-state index contributed by atoms with van der Waals surface area (Å²) in [6, 6.07) is 5.95. The molecule has 1 aliphatic heterocycles. The number of hydrogen-bond donors (Lipinski definition) is 1. The SMILES string of the molecule is CNC1CCN(C(=O)[C@H](C)Oc2ccc(Cl)cc2C)CC1. The Labute approximate surface area is 131 Å². The molecule has 1 aliphatic rings. The van der Waals surface area contributed by atoms with Crippen molar-refractivity contribution >= 4 is 17.5 Å². The molecule has 0 aromatic heterocycles. The monoisotopic (exact) mass is 310 g/mol. The van der Waals surface area contributed by atoms with E-state index < -0.39 is 6.10 Å². The lowest BCUT2D eigenvalue weighted by molar-refractivity contribution is -0.139. The molecule has 5 heteroatoms. The molecule has 0 unspecified atom stereocenters. The average molecular weight is 311 g/mol. The van der Waals surface area contributed by atoms with Crippen LogP contribution in [0, 0.1) is 6.92 Å². The smallest absolute Gasteiger partial charge is 0.263 e. The minimum Gasteiger partial charge on any atom is -0.481 e. The number of hydrogen-bond acceptors (Lipinski definition) is 3. The number of amides is 1. The summed E-state index contributed by atoms with van der Waals surface area (Å²) in [7, 11) is 1.97. The lowest BCUT2D eigenvalue weighted by Crippen LogP contribution is -2.48. The van der Waals surface area contributed by atoms with Gasteiger partial charge in [0.15, 0.2) is 6.10 Å². The summed E-state index contributed by atoms with van der Waals surface area (Å²) in [5.41, 5.74) is 0.941. The van der Waals surface area contributed by atoms with Crippen LogP contribution in [0.25, 0.3) is 0 Å². The minimum absolute atomic E-state index is 0.0545. The highest BCUT2D eigenvalue weighted by Gasteiger charge is 2.26. The van der Waals surface area contributed by atoms with E-state index in [2.05, 4.69) is 5.32 Å². The van der Waals surface area contributed by atoms with E-state index in [0.717, 1.165) is 31.5 Å². The molecule has 0 saturated carbocycles. The van der Waals surface area contributed by atoms with Crippen molar-refractivity contribution < 1.29 is 9.53 Å². The first-order valence-electron chi connectivity index (χ1n) is 7.40. The minimum atomic E-state index is -0.476. The van der Waals surface area contributed by atoms with Gasteiger partial charge in [-0.25, -0.2) is 0 Å². The van der Waals surface area contributed by atoms with Crippen LogP contribution in [-0.2, 0) is 4.79 Å². The maximum Gasteiger partial charge on any atom is 0.263 e. The molecule has 1 heterocycles. The number of halogens is 1. The normalized spacial score (nSPS) is 17.6. The number of ether oxygens (including phenoxy) is 1. The molecule has 116 valence electrons. The number of carbonyl (C=O) groups excluding carboxylic acids is 1. The summed E-state index contributed by atoms with van der Waals surface area (Å²) in [6.45, 7) is 5.31. The number of nitrogens with one attached hydrogen (secondary N) is 1. The third kappa shape index (κ3) is 4.11. The Bertz CT molecular complexity index is 499. The number of aryl methyl sites for hydroxylation is 1. The Morgan fingerprint density at radius 3 is 2.67 bits per heavy atom. The second kappa shape index (κ2) is 7.14. The third-order valence-electron chi connectivity index (χ3n) is 4.00. The molecule has 0 bridgehead atoms. The fraction of sp³-hybridized carbons (Fsp3) is 0.562. The zero-order chi connectivity index (χ0) is 15.4. The van der Waals surface area contributed by atoms with Crippen molar-refractivity contribution in [1.29, 1.82) is 0 Å². The van der Waals surface area contributed by atoms with Crippen molar-refractivity contribution in [3.05, 3.63) is 28.8 Å². The van der Waals surface area contributed by atoms with E-state index in [1.54, 1.807) is 13.0 Å². The van der Waals surface area contributed by atoms with E-state index in [9.17, 15) is 4.79 Å². The molecule has 0 aliphatic carbocycles. The predicted molar refractivity (Wildman–Crippen MR) is 84.9 cm³/mol. The predicted octanol–water partition coefficient (Wildman–Crippen LogP) is 2.63. The molecule has 1 atom stereocenters. The number of benzene rings is 1. The number of piperidine rings is 1. The lowest BCUT2D eigenvalue weighted by Gasteiger charge is -2.33. The van der Waals surface area contributed by atoms with Crippen LogP contribution < -0.4 is 10.1 Å². The molecule has 4 nitrogen and oxygen atoms in total. The van der Waals surface area contributed by atoms with Gasteiger partial charge in [0.05, 0.1) is 0 Å². The summed E-state index contributed by atoms with van der Waals surface area (Å²) in [4.78, 5) is 14.3. The van der Waals surface area contributed by atoms with E-state index in [0.29, 0.717) is 16.8 Å². The summed E-state index contributed by atoms with van der Waals surface area (Å²) in [6.07, 6.45) is 1.51. The van der Waals surface area contributed by atoms with Gasteiger partial charge in [-0.15, -0.1) is 0 Å². The molecular weight excluding hydrogens is 288 g/mol. The zero-order valence-corrected chi connectivity index (χ0v) is 13.6. The quantitative estimate of drug-likeness (QED) is 0.929. The molecule has 0 radical (unpaired) electrons. The van der Waals surface area contributed by atoms with Crippen LogP contribution in [0.5, 0.6) is 5.75 Å². The molecule has 1 aromatic rings. The van der Waals surface area contributed by atoms with Crippen LogP contribution in [0.3, 0.4) is 0 Å². The van der Waals surface area contributed by atoms with Crippen LogP contribution >= 0.6 is 11.6 Å². The summed E-state index contributed by atoms with van der Waals surface area (Å²) in [5.74, 6) is 0.768. The summed E-state index contributed by atoms with van der Waals surface area (Å²) in [5, 5.41) is 3.94. The Kier molecular flexibility index (Phi) is 5.48. The van der Waals surface area contributed by atoms with E-state index in [-0.39, 0.29) is 5.91 Å². The van der Waals surface area contributed by atoms with Gasteiger partial charge in [-0.1, -0.05) is 11.6 Å². The maximum absolute atomic E-state index is 12.4. The number of rotatable bonds is 4. The highest BCUT2D eigenvalue weighted by molar-refractivity contribution is 6.30. The van der Waals surface area contributed by atoms with E-state index >= 15 is 0 Å². The van der Waals surface area contributed by atoms with Crippen molar-refractivity contribution in [3.8, 4) is 5.75 Å². The fourth-order valence-electron chi connectivity index (χ4n) is 2.63. The average Bonchev–Trinajstić information content (AvgIpc) is 2.49. The van der Waals surface area contributed by atoms with Crippen LogP contribution in [0.15, 0.2) is 18.2 Å². The van der Waals surface area contributed by atoms with Crippen molar-refractivity contribution in [2.24, 2.45) is 0 Å².